The van der Waals surface area contributed by atoms with Crippen LogP contribution in [0.1, 0.15) is 335 Å². The Bertz CT molecular complexity index is 1560. The molecular formula is C74H128O6. The zero-order valence-corrected chi connectivity index (χ0v) is 52.8. The first-order chi connectivity index (χ1) is 39.5. The Morgan fingerprint density at radius 3 is 0.762 bits per heavy atom. The van der Waals surface area contributed by atoms with Gasteiger partial charge in [-0.15, -0.1) is 0 Å². The second-order valence-corrected chi connectivity index (χ2v) is 22.7. The van der Waals surface area contributed by atoms with Crippen LogP contribution in [0.15, 0.2) is 97.2 Å². The third kappa shape index (κ3) is 65.1. The van der Waals surface area contributed by atoms with Gasteiger partial charge >= 0.3 is 17.9 Å². The Labute approximate surface area is 496 Å². The summed E-state index contributed by atoms with van der Waals surface area (Å²) in [5, 5.41) is 0. The van der Waals surface area contributed by atoms with Gasteiger partial charge in [-0.25, -0.2) is 0 Å². The van der Waals surface area contributed by atoms with E-state index in [2.05, 4.69) is 118 Å². The van der Waals surface area contributed by atoms with Crippen molar-refractivity contribution in [2.45, 2.75) is 341 Å². The van der Waals surface area contributed by atoms with Gasteiger partial charge in [0.15, 0.2) is 6.10 Å². The van der Waals surface area contributed by atoms with Crippen molar-refractivity contribution in [3.8, 4) is 0 Å². The summed E-state index contributed by atoms with van der Waals surface area (Å²) >= 11 is 0. The Morgan fingerprint density at radius 1 is 0.263 bits per heavy atom. The Morgan fingerprint density at radius 2 is 0.487 bits per heavy atom. The zero-order chi connectivity index (χ0) is 57.8. The van der Waals surface area contributed by atoms with Crippen LogP contribution >= 0.6 is 0 Å². The highest BCUT2D eigenvalue weighted by molar-refractivity contribution is 5.71. The summed E-state index contributed by atoms with van der Waals surface area (Å²) in [6, 6.07) is 0. The molecule has 6 nitrogen and oxygen atoms in total. The number of allylic oxidation sites excluding steroid dienone is 16. The SMILES string of the molecule is CC/C=C\C/C=C\C/C=C\C/C=C\C/C=C\C/C=C\CCCCCCCCCCCCCCC(=O)OCC(COC(=O)CCCCCCCC)OC(=O)CCCCCCCCCCCCCCC/C=C\C/C=C\CCCCCCC. The first-order valence-corrected chi connectivity index (χ1v) is 34.2. The number of esters is 3. The minimum Gasteiger partial charge on any atom is -0.462 e. The van der Waals surface area contributed by atoms with E-state index in [1.807, 2.05) is 0 Å². The average Bonchev–Trinajstić information content (AvgIpc) is 3.46. The molecule has 0 aliphatic rings. The van der Waals surface area contributed by atoms with Crippen molar-refractivity contribution in [2.24, 2.45) is 0 Å². The van der Waals surface area contributed by atoms with Crippen LogP contribution in [0.5, 0.6) is 0 Å². The van der Waals surface area contributed by atoms with Gasteiger partial charge in [0.25, 0.3) is 0 Å². The van der Waals surface area contributed by atoms with Gasteiger partial charge in [0.2, 0.25) is 0 Å². The van der Waals surface area contributed by atoms with Crippen LogP contribution in [0.2, 0.25) is 0 Å². The van der Waals surface area contributed by atoms with Crippen molar-refractivity contribution in [1.82, 2.24) is 0 Å². The van der Waals surface area contributed by atoms with Crippen molar-refractivity contribution in [3.05, 3.63) is 97.2 Å². The van der Waals surface area contributed by atoms with Crippen LogP contribution in [0.3, 0.4) is 0 Å². The van der Waals surface area contributed by atoms with Gasteiger partial charge in [-0.1, -0.05) is 311 Å². The molecule has 0 saturated carbocycles. The van der Waals surface area contributed by atoms with Gasteiger partial charge in [-0.3, -0.25) is 14.4 Å². The van der Waals surface area contributed by atoms with Gasteiger partial charge in [-0.05, 0) is 103 Å². The molecule has 0 fully saturated rings. The zero-order valence-electron chi connectivity index (χ0n) is 52.8. The normalized spacial score (nSPS) is 12.7. The van der Waals surface area contributed by atoms with E-state index in [9.17, 15) is 14.4 Å². The van der Waals surface area contributed by atoms with Crippen LogP contribution < -0.4 is 0 Å². The fourth-order valence-electron chi connectivity index (χ4n) is 9.71. The number of ether oxygens (including phenoxy) is 3. The second kappa shape index (κ2) is 67.8. The van der Waals surface area contributed by atoms with E-state index in [1.165, 1.54) is 193 Å². The predicted molar refractivity (Wildman–Crippen MR) is 348 cm³/mol. The summed E-state index contributed by atoms with van der Waals surface area (Å²) in [6.45, 7) is 6.49. The summed E-state index contributed by atoms with van der Waals surface area (Å²) in [4.78, 5) is 38.1. The molecule has 0 amide bonds. The molecule has 0 rings (SSSR count). The molecule has 1 atom stereocenters. The fourth-order valence-corrected chi connectivity index (χ4v) is 9.71. The number of unbranched alkanes of at least 4 members (excludes halogenated alkanes) is 35. The topological polar surface area (TPSA) is 78.9 Å². The minimum atomic E-state index is -0.775. The molecule has 80 heavy (non-hydrogen) atoms. The maximum atomic E-state index is 12.9. The summed E-state index contributed by atoms with van der Waals surface area (Å²) in [5.74, 6) is -0.875. The van der Waals surface area contributed by atoms with Crippen LogP contribution in [0, 0.1) is 0 Å². The molecule has 0 radical (unpaired) electrons. The standard InChI is InChI=1S/C74H128O6/c1-4-7-10-13-16-18-20-22-24-26-28-30-32-34-35-36-37-38-39-41-42-44-46-48-50-52-54-56-58-61-64-67-73(76)79-70-71(69-78-72(75)66-63-60-15-12-9-6-3)80-74(77)68-65-62-59-57-55-53-51-49-47-45-43-40-33-31-29-27-25-23-21-19-17-14-11-8-5-2/h7,10,16,18,21-24,27-30,34-35,37-38,71H,4-6,8-9,11-15,17,19-20,25-26,31-33,36,39-70H2,1-3H3/b10-7-,18-16-,23-21-,24-22-,29-27-,30-28-,35-34-,38-37-. The summed E-state index contributed by atoms with van der Waals surface area (Å²) in [6.07, 6.45) is 91.8. The number of rotatable bonds is 62. The van der Waals surface area contributed by atoms with E-state index in [4.69, 9.17) is 14.2 Å². The molecule has 0 aliphatic heterocycles. The van der Waals surface area contributed by atoms with Gasteiger partial charge in [0.05, 0.1) is 0 Å². The van der Waals surface area contributed by atoms with Crippen molar-refractivity contribution >= 4 is 17.9 Å². The molecule has 0 heterocycles. The number of carbonyl (C=O) groups is 3. The fraction of sp³-hybridized carbons (Fsp3) is 0.743. The molecule has 0 spiro atoms. The summed E-state index contributed by atoms with van der Waals surface area (Å²) in [5.41, 5.74) is 0. The quantitative estimate of drug-likeness (QED) is 0.0261. The molecule has 0 aliphatic carbocycles. The molecule has 0 N–H and O–H groups in total. The van der Waals surface area contributed by atoms with E-state index in [1.54, 1.807) is 0 Å². The molecular weight excluding hydrogens is 985 g/mol. The third-order valence-electron chi connectivity index (χ3n) is 14.8. The van der Waals surface area contributed by atoms with E-state index in [0.717, 1.165) is 103 Å². The predicted octanol–water partition coefficient (Wildman–Crippen LogP) is 23.6. The van der Waals surface area contributed by atoms with Gasteiger partial charge in [0.1, 0.15) is 13.2 Å². The van der Waals surface area contributed by atoms with Crippen molar-refractivity contribution < 1.29 is 28.6 Å². The molecule has 0 saturated heterocycles. The highest BCUT2D eigenvalue weighted by Gasteiger charge is 2.19. The van der Waals surface area contributed by atoms with E-state index >= 15 is 0 Å². The molecule has 1 unspecified atom stereocenters. The maximum absolute atomic E-state index is 12.9. The lowest BCUT2D eigenvalue weighted by atomic mass is 10.0. The lowest BCUT2D eigenvalue weighted by molar-refractivity contribution is -0.167. The molecule has 0 aromatic rings. The van der Waals surface area contributed by atoms with Gasteiger partial charge < -0.3 is 14.2 Å². The van der Waals surface area contributed by atoms with Gasteiger partial charge in [-0.2, -0.15) is 0 Å². The van der Waals surface area contributed by atoms with Crippen LogP contribution in [-0.4, -0.2) is 37.2 Å². The van der Waals surface area contributed by atoms with Gasteiger partial charge in [0, 0.05) is 19.3 Å². The van der Waals surface area contributed by atoms with Crippen molar-refractivity contribution in [2.75, 3.05) is 13.2 Å². The molecule has 0 bridgehead atoms. The van der Waals surface area contributed by atoms with Crippen molar-refractivity contribution in [3.63, 3.8) is 0 Å². The van der Waals surface area contributed by atoms with E-state index in [-0.39, 0.29) is 31.1 Å². The largest absolute Gasteiger partial charge is 0.462 e. The monoisotopic (exact) mass is 1110 g/mol. The Kier molecular flexibility index (Phi) is 64.7. The lowest BCUT2D eigenvalue weighted by Crippen LogP contribution is -2.30. The molecule has 0 aromatic heterocycles. The Balaban J connectivity index is 4.05. The smallest absolute Gasteiger partial charge is 0.306 e. The minimum absolute atomic E-state index is 0.0754. The summed E-state index contributed by atoms with van der Waals surface area (Å²) in [7, 11) is 0. The second-order valence-electron chi connectivity index (χ2n) is 22.7. The first kappa shape index (κ1) is 76.3. The maximum Gasteiger partial charge on any atom is 0.306 e. The number of hydrogen-bond acceptors (Lipinski definition) is 6. The molecule has 6 heteroatoms. The number of hydrogen-bond donors (Lipinski definition) is 0. The van der Waals surface area contributed by atoms with Crippen molar-refractivity contribution in [1.29, 1.82) is 0 Å². The van der Waals surface area contributed by atoms with Crippen LogP contribution in [0.4, 0.5) is 0 Å². The number of carbonyl (C=O) groups excluding carboxylic acids is 3. The first-order valence-electron chi connectivity index (χ1n) is 34.2. The summed E-state index contributed by atoms with van der Waals surface area (Å²) < 4.78 is 16.8. The lowest BCUT2D eigenvalue weighted by Gasteiger charge is -2.18. The van der Waals surface area contributed by atoms with E-state index in [0.29, 0.717) is 19.3 Å². The highest BCUT2D eigenvalue weighted by Crippen LogP contribution is 2.17. The molecule has 0 aromatic carbocycles. The molecule has 460 valence electrons. The van der Waals surface area contributed by atoms with Crippen LogP contribution in [-0.2, 0) is 28.6 Å². The highest BCUT2D eigenvalue weighted by atomic mass is 16.6. The third-order valence-corrected chi connectivity index (χ3v) is 14.8. The van der Waals surface area contributed by atoms with E-state index < -0.39 is 6.10 Å². The van der Waals surface area contributed by atoms with Crippen LogP contribution in [0.25, 0.3) is 0 Å². The Hall–Kier alpha value is -3.67. The average molecular weight is 1110 g/mol.